The molecule has 0 N–H and O–H groups in total. The van der Waals surface area contributed by atoms with Crippen molar-refractivity contribution in [3.8, 4) is 11.8 Å². The number of hydrogen-bond donors (Lipinski definition) is 0. The SMILES string of the molecule is CCOC(=O)c1ccccc1-n1c(C)cc(/C=C(\C#N)Sc2nc3ccccc3s2)c1C. The van der Waals surface area contributed by atoms with E-state index in [0.717, 1.165) is 37.2 Å². The van der Waals surface area contributed by atoms with Crippen LogP contribution in [0.1, 0.15) is 34.2 Å². The van der Waals surface area contributed by atoms with Crippen LogP contribution in [-0.4, -0.2) is 22.1 Å². The van der Waals surface area contributed by atoms with Crippen molar-refractivity contribution in [2.24, 2.45) is 0 Å². The van der Waals surface area contributed by atoms with Gasteiger partial charge in [-0.05, 0) is 74.5 Å². The lowest BCUT2D eigenvalue weighted by Crippen LogP contribution is -2.11. The fraction of sp³-hybridized carbons (Fsp3) is 0.160. The minimum absolute atomic E-state index is 0.319. The van der Waals surface area contributed by atoms with Gasteiger partial charge in [0.25, 0.3) is 0 Å². The molecule has 2 aromatic heterocycles. The number of aryl methyl sites for hydroxylation is 1. The summed E-state index contributed by atoms with van der Waals surface area (Å²) in [5.74, 6) is -0.350. The van der Waals surface area contributed by atoms with E-state index in [4.69, 9.17) is 4.74 Å². The summed E-state index contributed by atoms with van der Waals surface area (Å²) >= 11 is 2.94. The summed E-state index contributed by atoms with van der Waals surface area (Å²) in [5.41, 5.74) is 5.04. The summed E-state index contributed by atoms with van der Waals surface area (Å²) < 4.78 is 9.19. The first-order valence-electron chi connectivity index (χ1n) is 10.1. The van der Waals surface area contributed by atoms with E-state index in [9.17, 15) is 10.1 Å². The van der Waals surface area contributed by atoms with Crippen molar-refractivity contribution < 1.29 is 9.53 Å². The third kappa shape index (κ3) is 4.33. The van der Waals surface area contributed by atoms with Gasteiger partial charge in [0.2, 0.25) is 0 Å². The number of para-hydroxylation sites is 2. The van der Waals surface area contributed by atoms with Gasteiger partial charge in [0.05, 0.1) is 33.0 Å². The predicted molar refractivity (Wildman–Crippen MR) is 130 cm³/mol. The highest BCUT2D eigenvalue weighted by Crippen LogP contribution is 2.35. The summed E-state index contributed by atoms with van der Waals surface area (Å²) in [4.78, 5) is 17.6. The molecule has 0 bridgehead atoms. The Morgan fingerprint density at radius 3 is 2.72 bits per heavy atom. The van der Waals surface area contributed by atoms with Gasteiger partial charge in [-0.2, -0.15) is 5.26 Å². The number of carbonyl (C=O) groups is 1. The molecule has 0 saturated heterocycles. The molecule has 2 heterocycles. The topological polar surface area (TPSA) is 67.9 Å². The number of fused-ring (bicyclic) bond motifs is 1. The summed E-state index contributed by atoms with van der Waals surface area (Å²) in [6, 6.07) is 19.7. The largest absolute Gasteiger partial charge is 0.462 e. The molecule has 0 aliphatic carbocycles. The second kappa shape index (κ2) is 9.43. The number of ether oxygens (including phenoxy) is 1. The van der Waals surface area contributed by atoms with E-state index in [1.165, 1.54) is 11.8 Å². The molecule has 0 aliphatic heterocycles. The number of esters is 1. The molecule has 0 saturated carbocycles. The monoisotopic (exact) mass is 459 g/mol. The van der Waals surface area contributed by atoms with Crippen molar-refractivity contribution in [1.82, 2.24) is 9.55 Å². The zero-order chi connectivity index (χ0) is 22.7. The Morgan fingerprint density at radius 1 is 1.22 bits per heavy atom. The Kier molecular flexibility index (Phi) is 6.45. The molecular weight excluding hydrogens is 438 g/mol. The highest BCUT2D eigenvalue weighted by atomic mass is 32.2. The number of hydrogen-bond acceptors (Lipinski definition) is 6. The molecule has 160 valence electrons. The fourth-order valence-corrected chi connectivity index (χ4v) is 5.54. The zero-order valence-corrected chi connectivity index (χ0v) is 19.6. The highest BCUT2D eigenvalue weighted by Gasteiger charge is 2.18. The Bertz CT molecular complexity index is 1340. The molecule has 4 aromatic rings. The van der Waals surface area contributed by atoms with Crippen LogP contribution >= 0.6 is 23.1 Å². The van der Waals surface area contributed by atoms with Crippen molar-refractivity contribution in [1.29, 1.82) is 5.26 Å². The van der Waals surface area contributed by atoms with E-state index in [2.05, 4.69) is 11.1 Å². The number of thioether (sulfide) groups is 1. The molecule has 4 rings (SSSR count). The molecule has 2 aromatic carbocycles. The molecule has 5 nitrogen and oxygen atoms in total. The quantitative estimate of drug-likeness (QED) is 0.186. The maximum atomic E-state index is 12.5. The standard InChI is InChI=1S/C25H21N3O2S2/c1-4-30-24(29)20-9-5-7-11-22(20)28-16(2)13-18(17(28)3)14-19(15-26)31-25-27-21-10-6-8-12-23(21)32-25/h5-14H,4H2,1-3H3/b19-14+. The molecule has 32 heavy (non-hydrogen) atoms. The average Bonchev–Trinajstić information content (AvgIpc) is 3.32. The maximum Gasteiger partial charge on any atom is 0.340 e. The predicted octanol–water partition coefficient (Wildman–Crippen LogP) is 6.54. The maximum absolute atomic E-state index is 12.5. The van der Waals surface area contributed by atoms with Crippen molar-refractivity contribution >= 4 is 45.4 Å². The third-order valence-electron chi connectivity index (χ3n) is 4.98. The fourth-order valence-electron chi connectivity index (χ4n) is 3.57. The van der Waals surface area contributed by atoms with Gasteiger partial charge in [-0.1, -0.05) is 24.3 Å². The van der Waals surface area contributed by atoms with Crippen LogP contribution in [-0.2, 0) is 4.74 Å². The second-order valence-corrected chi connectivity index (χ2v) is 9.39. The van der Waals surface area contributed by atoms with Gasteiger partial charge >= 0.3 is 5.97 Å². The van der Waals surface area contributed by atoms with Crippen LogP contribution in [0.15, 0.2) is 63.8 Å². The number of aromatic nitrogens is 2. The molecule has 0 fully saturated rings. The second-order valence-electron chi connectivity index (χ2n) is 7.07. The zero-order valence-electron chi connectivity index (χ0n) is 18.0. The van der Waals surface area contributed by atoms with E-state index in [1.54, 1.807) is 24.3 Å². The third-order valence-corrected chi connectivity index (χ3v) is 7.00. The van der Waals surface area contributed by atoms with E-state index in [1.807, 2.05) is 73.0 Å². The van der Waals surface area contributed by atoms with E-state index < -0.39 is 0 Å². The molecule has 0 aliphatic rings. The Labute approximate surface area is 195 Å². The first-order chi connectivity index (χ1) is 15.5. The number of thiazole rings is 1. The Morgan fingerprint density at radius 2 is 1.97 bits per heavy atom. The number of carbonyl (C=O) groups excluding carboxylic acids is 1. The van der Waals surface area contributed by atoms with Crippen LogP contribution in [0.25, 0.3) is 22.0 Å². The molecule has 0 unspecified atom stereocenters. The summed E-state index contributed by atoms with van der Waals surface area (Å²) in [5, 5.41) is 9.75. The van der Waals surface area contributed by atoms with Crippen molar-refractivity contribution in [2.75, 3.05) is 6.61 Å². The normalized spacial score (nSPS) is 11.5. The number of nitriles is 1. The van der Waals surface area contributed by atoms with E-state index >= 15 is 0 Å². The lowest BCUT2D eigenvalue weighted by molar-refractivity contribution is 0.0526. The van der Waals surface area contributed by atoms with Crippen molar-refractivity contribution in [2.45, 2.75) is 25.1 Å². The molecule has 0 radical (unpaired) electrons. The highest BCUT2D eigenvalue weighted by molar-refractivity contribution is 8.05. The van der Waals surface area contributed by atoms with Gasteiger partial charge in [-0.3, -0.25) is 0 Å². The van der Waals surface area contributed by atoms with E-state index in [-0.39, 0.29) is 5.97 Å². The van der Waals surface area contributed by atoms with Crippen LogP contribution < -0.4 is 0 Å². The minimum atomic E-state index is -0.350. The Hall–Kier alpha value is -3.34. The van der Waals surface area contributed by atoms with Gasteiger partial charge in [0, 0.05) is 11.4 Å². The minimum Gasteiger partial charge on any atom is -0.462 e. The number of rotatable bonds is 6. The Balaban J connectivity index is 1.70. The summed E-state index contributed by atoms with van der Waals surface area (Å²) in [7, 11) is 0. The van der Waals surface area contributed by atoms with Crippen LogP contribution in [0, 0.1) is 25.2 Å². The lowest BCUT2D eigenvalue weighted by Gasteiger charge is -2.14. The number of benzene rings is 2. The van der Waals surface area contributed by atoms with Gasteiger partial charge in [0.15, 0.2) is 4.34 Å². The first kappa shape index (κ1) is 21.9. The first-order valence-corrected chi connectivity index (χ1v) is 11.8. The molecule has 0 spiro atoms. The molecule has 7 heteroatoms. The van der Waals surface area contributed by atoms with E-state index in [0.29, 0.717) is 17.1 Å². The molecule has 0 atom stereocenters. The van der Waals surface area contributed by atoms with Gasteiger partial charge in [0.1, 0.15) is 6.07 Å². The summed E-state index contributed by atoms with van der Waals surface area (Å²) in [6.07, 6.45) is 1.88. The summed E-state index contributed by atoms with van der Waals surface area (Å²) in [6.45, 7) is 6.08. The van der Waals surface area contributed by atoms with Crippen LogP contribution in [0.4, 0.5) is 0 Å². The van der Waals surface area contributed by atoms with Gasteiger partial charge < -0.3 is 9.30 Å². The van der Waals surface area contributed by atoms with Gasteiger partial charge in [-0.15, -0.1) is 11.3 Å². The van der Waals surface area contributed by atoms with Crippen molar-refractivity contribution in [3.63, 3.8) is 0 Å². The smallest absolute Gasteiger partial charge is 0.340 e. The molecule has 0 amide bonds. The lowest BCUT2D eigenvalue weighted by atomic mass is 10.1. The van der Waals surface area contributed by atoms with Crippen LogP contribution in [0.3, 0.4) is 0 Å². The molecular formula is C25H21N3O2S2. The average molecular weight is 460 g/mol. The number of allylic oxidation sites excluding steroid dienone is 1. The number of nitrogens with zero attached hydrogens (tertiary/aromatic N) is 3. The van der Waals surface area contributed by atoms with Crippen LogP contribution in [0.2, 0.25) is 0 Å². The van der Waals surface area contributed by atoms with Gasteiger partial charge in [-0.25, -0.2) is 9.78 Å². The van der Waals surface area contributed by atoms with Crippen molar-refractivity contribution in [3.05, 3.63) is 82.0 Å². The van der Waals surface area contributed by atoms with Crippen LogP contribution in [0.5, 0.6) is 0 Å².